The molecule has 0 aliphatic rings. The molecule has 6 aromatic rings. The van der Waals surface area contributed by atoms with E-state index in [9.17, 15) is 87.9 Å². The highest BCUT2D eigenvalue weighted by Crippen LogP contribution is 2.29. The molecule has 0 radical (unpaired) electrons. The first-order valence-corrected chi connectivity index (χ1v) is 34.3. The van der Waals surface area contributed by atoms with Crippen LogP contribution in [0.3, 0.4) is 0 Å². The minimum Gasteiger partial charge on any atom is -0.497 e. The number of hydrogen-bond acceptors (Lipinski definition) is 19. The standard InChI is InChI=1S/C74H92N14O19/c1-7-46-32-51(107-6)25-26-52(46)49-23-17-45(18-24-49)31-56(69(101)82-55(65(76)97)29-44-15-21-48(22-16-44)47-19-13-39(2)14-20-47)83-70(102)58(34-62(95)96)84-72(104)59(37-89)86-74(106)64(42(5)91)88-71(103)57(30-43-11-9-8-10-12-43)85-73(105)63(41(4)90)87-60(92)36-78-68(100)54(27-28-61(93)94)81-66(98)40(3)80-67(99)53(75)33-50-35-77-38-79-50/h8-26,32,35,38,40-42,53-59,63-64,89-91H,7,27-31,33-34,36-37,75H2,1-6H3,(H2,76,97)(H,77,79)(H,78,100)(H,80,99)(H,81,98)(H,82,101)(H,83,102)(H,84,104)(H,85,105)(H,86,106)(H,87,92)(H,88,103)(H,93,94)(H,95,96)/t40-,41+,42+,53-,54-,55-,56-,57-,58-,59-,63-,64-/m0/s1. The van der Waals surface area contributed by atoms with Crippen LogP contribution in [0.25, 0.3) is 22.3 Å². The Morgan fingerprint density at radius 3 is 1.55 bits per heavy atom. The first kappa shape index (κ1) is 84.0. The lowest BCUT2D eigenvalue weighted by atomic mass is 9.95. The number of carbonyl (C=O) groups excluding carboxylic acids is 11. The predicted molar refractivity (Wildman–Crippen MR) is 387 cm³/mol. The van der Waals surface area contributed by atoms with Crippen LogP contribution in [-0.2, 0) is 94.4 Å². The summed E-state index contributed by atoms with van der Waals surface area (Å²) in [6.45, 7) is 5.19. The monoisotopic (exact) mass is 1480 g/mol. The number of aliphatic hydroxyl groups is 3. The molecule has 1 heterocycles. The van der Waals surface area contributed by atoms with Gasteiger partial charge >= 0.3 is 11.9 Å². The number of nitrogens with one attached hydrogen (secondary N) is 11. The molecule has 1 aromatic heterocycles. The van der Waals surface area contributed by atoms with E-state index in [1.165, 1.54) is 19.4 Å². The minimum absolute atomic E-state index is 0.0338. The van der Waals surface area contributed by atoms with E-state index in [0.29, 0.717) is 34.6 Å². The normalized spacial score (nSPS) is 14.4. The summed E-state index contributed by atoms with van der Waals surface area (Å²) < 4.78 is 5.41. The Morgan fingerprint density at radius 2 is 1.02 bits per heavy atom. The van der Waals surface area contributed by atoms with Crippen molar-refractivity contribution in [1.29, 1.82) is 0 Å². The fourth-order valence-corrected chi connectivity index (χ4v) is 11.1. The zero-order valence-corrected chi connectivity index (χ0v) is 59.8. The number of hydrogen-bond donors (Lipinski definition) is 18. The maximum Gasteiger partial charge on any atom is 0.305 e. The van der Waals surface area contributed by atoms with Crippen molar-refractivity contribution in [1.82, 2.24) is 63.1 Å². The summed E-state index contributed by atoms with van der Waals surface area (Å²) in [4.78, 5) is 182. The van der Waals surface area contributed by atoms with Gasteiger partial charge in [0.1, 0.15) is 60.1 Å². The van der Waals surface area contributed by atoms with E-state index in [4.69, 9.17) is 16.2 Å². The number of carbonyl (C=O) groups is 13. The van der Waals surface area contributed by atoms with Gasteiger partial charge in [-0.2, -0.15) is 0 Å². The highest BCUT2D eigenvalue weighted by Gasteiger charge is 2.38. The summed E-state index contributed by atoms with van der Waals surface area (Å²) in [6, 6.07) is 18.9. The smallest absolute Gasteiger partial charge is 0.305 e. The maximum absolute atomic E-state index is 14.5. The van der Waals surface area contributed by atoms with Gasteiger partial charge in [-0.25, -0.2) is 4.98 Å². The number of aromatic amines is 1. The molecular weight excluding hydrogens is 1390 g/mol. The number of aliphatic carboxylic acids is 2. The van der Waals surface area contributed by atoms with Gasteiger partial charge in [0.05, 0.1) is 51.3 Å². The van der Waals surface area contributed by atoms with Crippen LogP contribution in [0.2, 0.25) is 0 Å². The van der Waals surface area contributed by atoms with Crippen LogP contribution in [0.5, 0.6) is 5.75 Å². The van der Waals surface area contributed by atoms with Gasteiger partial charge in [-0.15, -0.1) is 0 Å². The maximum atomic E-state index is 14.5. The number of carboxylic acid groups (broad SMARTS) is 2. The lowest BCUT2D eigenvalue weighted by Crippen LogP contribution is -2.63. The summed E-state index contributed by atoms with van der Waals surface area (Å²) in [5.41, 5.74) is 19.4. The largest absolute Gasteiger partial charge is 0.497 e. The third kappa shape index (κ3) is 26.3. The van der Waals surface area contributed by atoms with Crippen molar-refractivity contribution in [3.05, 3.63) is 167 Å². The molecule has 0 saturated heterocycles. The molecule has 107 heavy (non-hydrogen) atoms. The van der Waals surface area contributed by atoms with E-state index in [2.05, 4.69) is 63.1 Å². The second-order valence-corrected chi connectivity index (χ2v) is 25.6. The number of carboxylic acids is 2. The highest BCUT2D eigenvalue weighted by molar-refractivity contribution is 6.00. The van der Waals surface area contributed by atoms with Crippen molar-refractivity contribution in [3.8, 4) is 28.0 Å². The molecule has 11 amide bonds. The number of benzene rings is 5. The van der Waals surface area contributed by atoms with Crippen LogP contribution in [0, 0.1) is 6.92 Å². The first-order chi connectivity index (χ1) is 50.9. The lowest BCUT2D eigenvalue weighted by Gasteiger charge is -2.28. The third-order valence-corrected chi connectivity index (χ3v) is 17.1. The molecule has 0 saturated carbocycles. The van der Waals surface area contributed by atoms with E-state index >= 15 is 0 Å². The fourth-order valence-electron chi connectivity index (χ4n) is 11.1. The van der Waals surface area contributed by atoms with E-state index in [1.54, 1.807) is 79.9 Å². The molecular formula is C74H92N14O19. The summed E-state index contributed by atoms with van der Waals surface area (Å²) in [7, 11) is 1.55. The number of imidazole rings is 1. The molecule has 12 atom stereocenters. The van der Waals surface area contributed by atoms with E-state index in [1.807, 2.05) is 62.4 Å². The number of ether oxygens (including phenoxy) is 1. The molecule has 6 rings (SSSR count). The predicted octanol–water partition coefficient (Wildman–Crippen LogP) is -1.70. The number of aromatic nitrogens is 2. The Hall–Kier alpha value is -11.9. The zero-order chi connectivity index (χ0) is 78.6. The molecule has 0 aliphatic heterocycles. The molecule has 33 heteroatoms. The van der Waals surface area contributed by atoms with Gasteiger partial charge < -0.3 is 99.9 Å². The van der Waals surface area contributed by atoms with Crippen LogP contribution in [0.4, 0.5) is 0 Å². The number of H-pyrrole nitrogens is 1. The Labute approximate surface area is 615 Å². The van der Waals surface area contributed by atoms with Crippen LogP contribution >= 0.6 is 0 Å². The quantitative estimate of drug-likeness (QED) is 0.0203. The highest BCUT2D eigenvalue weighted by atomic mass is 16.5. The Bertz CT molecular complexity index is 4070. The molecule has 0 unspecified atom stereocenters. The number of amides is 11. The molecule has 0 fully saturated rings. The van der Waals surface area contributed by atoms with Crippen LogP contribution in [0.1, 0.15) is 80.5 Å². The summed E-state index contributed by atoms with van der Waals surface area (Å²) in [5.74, 6) is -14.4. The second kappa shape index (κ2) is 40.9. The molecule has 0 spiro atoms. The fraction of sp³-hybridized carbons (Fsp3) is 0.378. The van der Waals surface area contributed by atoms with Crippen molar-refractivity contribution in [3.63, 3.8) is 0 Å². The van der Waals surface area contributed by atoms with E-state index in [-0.39, 0.29) is 25.7 Å². The van der Waals surface area contributed by atoms with E-state index < -0.39 is 182 Å². The lowest BCUT2D eigenvalue weighted by molar-refractivity contribution is -0.142. The number of methoxy groups -OCH3 is 1. The zero-order valence-electron chi connectivity index (χ0n) is 59.8. The SMILES string of the molecule is CCc1cc(OC)ccc1-c1ccc(C[C@H](NC(=O)[C@H](CC(=O)O)NC(=O)[C@H](CO)NC(=O)[C@@H](NC(=O)[C@H](Cc2ccccc2)NC(=O)[C@@H](NC(=O)CNC(=O)[C@H](CCC(=O)O)NC(=O)[C@H](C)NC(=O)[C@@H](N)Cc2cnc[nH]2)[C@@H](C)O)[C@@H](C)O)C(=O)N[C@@H](Cc2ccc(-c3ccc(C)cc3)cc2)C(N)=O)cc1. The minimum atomic E-state index is -2.05. The molecule has 5 aromatic carbocycles. The third-order valence-electron chi connectivity index (χ3n) is 17.1. The van der Waals surface area contributed by atoms with Gasteiger partial charge in [-0.05, 0) is 97.2 Å². The number of nitrogens with two attached hydrogens (primary N) is 2. The molecule has 572 valence electrons. The first-order valence-electron chi connectivity index (χ1n) is 34.3. The van der Waals surface area contributed by atoms with Gasteiger partial charge in [0.25, 0.3) is 0 Å². The number of nitrogens with zero attached hydrogens (tertiary/aromatic N) is 1. The molecule has 33 nitrogen and oxygen atoms in total. The van der Waals surface area contributed by atoms with Crippen molar-refractivity contribution in [2.24, 2.45) is 11.5 Å². The van der Waals surface area contributed by atoms with Crippen LogP contribution in [0.15, 0.2) is 134 Å². The van der Waals surface area contributed by atoms with Crippen molar-refractivity contribution >= 4 is 76.9 Å². The Morgan fingerprint density at radius 1 is 0.523 bits per heavy atom. The van der Waals surface area contributed by atoms with Crippen molar-refractivity contribution in [2.75, 3.05) is 20.3 Å². The number of primary amides is 1. The summed E-state index contributed by atoms with van der Waals surface area (Å²) in [5, 5.41) is 75.1. The molecule has 0 aliphatic carbocycles. The van der Waals surface area contributed by atoms with Crippen molar-refractivity contribution < 1.29 is 92.6 Å². The van der Waals surface area contributed by atoms with Crippen LogP contribution in [-0.4, -0.2) is 205 Å². The summed E-state index contributed by atoms with van der Waals surface area (Å²) in [6.07, 6.45) is -3.01. The van der Waals surface area contributed by atoms with Gasteiger partial charge in [0, 0.05) is 44.0 Å². The van der Waals surface area contributed by atoms with Gasteiger partial charge in [0.15, 0.2) is 0 Å². The summed E-state index contributed by atoms with van der Waals surface area (Å²) >= 11 is 0. The van der Waals surface area contributed by atoms with Gasteiger partial charge in [-0.3, -0.25) is 62.3 Å². The van der Waals surface area contributed by atoms with Gasteiger partial charge in [0.2, 0.25) is 65.0 Å². The number of aliphatic hydroxyl groups excluding tert-OH is 3. The topological polar surface area (TPSA) is 533 Å². The average Bonchev–Trinajstić information content (AvgIpc) is 1.16. The number of aryl methyl sites for hydroxylation is 2. The molecule has 20 N–H and O–H groups in total. The second-order valence-electron chi connectivity index (χ2n) is 25.6. The number of rotatable bonds is 41. The molecule has 0 bridgehead atoms. The van der Waals surface area contributed by atoms with Crippen LogP contribution < -0.4 is 69.4 Å². The average molecular weight is 1480 g/mol. The van der Waals surface area contributed by atoms with Gasteiger partial charge in [-0.1, -0.05) is 122 Å². The Balaban J connectivity index is 1.14. The Kier molecular flexibility index (Phi) is 32.1. The van der Waals surface area contributed by atoms with Crippen molar-refractivity contribution in [2.45, 2.75) is 159 Å². The van der Waals surface area contributed by atoms with E-state index in [0.717, 1.165) is 47.2 Å².